The maximum absolute atomic E-state index is 11.4. The molecule has 3 heteroatoms. The highest BCUT2D eigenvalue weighted by Crippen LogP contribution is 2.11. The van der Waals surface area contributed by atoms with Crippen LogP contribution in [-0.2, 0) is 11.3 Å². The highest BCUT2D eigenvalue weighted by Gasteiger charge is 2.00. The Bertz CT molecular complexity index is 333. The van der Waals surface area contributed by atoms with Crippen LogP contribution in [0.2, 0.25) is 0 Å². The van der Waals surface area contributed by atoms with Crippen molar-refractivity contribution in [3.05, 3.63) is 29.8 Å². The summed E-state index contributed by atoms with van der Waals surface area (Å²) in [7, 11) is 0. The Morgan fingerprint density at radius 2 is 1.94 bits per heavy atom. The smallest absolute Gasteiger partial charge is 0.220 e. The van der Waals surface area contributed by atoms with E-state index < -0.39 is 0 Å². The first kappa shape index (κ1) is 13.6. The van der Waals surface area contributed by atoms with Gasteiger partial charge in [0.25, 0.3) is 0 Å². The number of nitrogens with one attached hydrogen (secondary N) is 1. The summed E-state index contributed by atoms with van der Waals surface area (Å²) in [4.78, 5) is 11.4. The van der Waals surface area contributed by atoms with Crippen LogP contribution in [0.5, 0.6) is 5.75 Å². The second kappa shape index (κ2) is 7.71. The van der Waals surface area contributed by atoms with Crippen LogP contribution in [0.15, 0.2) is 24.3 Å². The Labute approximate surface area is 103 Å². The summed E-state index contributed by atoms with van der Waals surface area (Å²) < 4.78 is 5.35. The van der Waals surface area contributed by atoms with Gasteiger partial charge in [0.1, 0.15) is 5.75 Å². The first-order chi connectivity index (χ1) is 8.26. The molecule has 1 aromatic carbocycles. The van der Waals surface area contributed by atoms with E-state index in [9.17, 15) is 4.79 Å². The topological polar surface area (TPSA) is 38.3 Å². The Morgan fingerprint density at radius 3 is 2.53 bits per heavy atom. The number of rotatable bonds is 7. The van der Waals surface area contributed by atoms with Crippen LogP contribution in [0.1, 0.15) is 38.7 Å². The fourth-order valence-electron chi connectivity index (χ4n) is 1.50. The maximum atomic E-state index is 11.4. The fourth-order valence-corrected chi connectivity index (χ4v) is 1.50. The van der Waals surface area contributed by atoms with E-state index in [2.05, 4.69) is 12.2 Å². The SMILES string of the molecule is CCCCC(=O)NCc1ccc(OCC)cc1. The van der Waals surface area contributed by atoms with Crippen molar-refractivity contribution in [1.82, 2.24) is 5.32 Å². The number of ether oxygens (including phenoxy) is 1. The Hall–Kier alpha value is -1.51. The molecule has 0 heterocycles. The molecule has 1 rings (SSSR count). The number of carbonyl (C=O) groups is 1. The molecule has 1 N–H and O–H groups in total. The van der Waals surface area contributed by atoms with E-state index in [4.69, 9.17) is 4.74 Å². The molecule has 1 aromatic rings. The van der Waals surface area contributed by atoms with Crippen LogP contribution in [0.25, 0.3) is 0 Å². The van der Waals surface area contributed by atoms with Gasteiger partial charge < -0.3 is 10.1 Å². The van der Waals surface area contributed by atoms with Gasteiger partial charge in [-0.2, -0.15) is 0 Å². The van der Waals surface area contributed by atoms with Gasteiger partial charge >= 0.3 is 0 Å². The van der Waals surface area contributed by atoms with E-state index in [1.54, 1.807) is 0 Å². The van der Waals surface area contributed by atoms with Crippen molar-refractivity contribution < 1.29 is 9.53 Å². The summed E-state index contributed by atoms with van der Waals surface area (Å²) in [6.45, 7) is 5.31. The van der Waals surface area contributed by atoms with Crippen molar-refractivity contribution >= 4 is 5.91 Å². The largest absolute Gasteiger partial charge is 0.494 e. The van der Waals surface area contributed by atoms with E-state index >= 15 is 0 Å². The average molecular weight is 235 g/mol. The van der Waals surface area contributed by atoms with Crippen molar-refractivity contribution in [1.29, 1.82) is 0 Å². The normalized spacial score (nSPS) is 10.0. The molecular formula is C14H21NO2. The van der Waals surface area contributed by atoms with Crippen molar-refractivity contribution in [2.45, 2.75) is 39.7 Å². The van der Waals surface area contributed by atoms with Gasteiger partial charge in [-0.1, -0.05) is 25.5 Å². The molecule has 0 atom stereocenters. The van der Waals surface area contributed by atoms with Gasteiger partial charge in [0, 0.05) is 13.0 Å². The molecule has 0 fully saturated rings. The monoisotopic (exact) mass is 235 g/mol. The molecule has 0 bridgehead atoms. The zero-order valence-electron chi connectivity index (χ0n) is 10.7. The number of hydrogen-bond acceptors (Lipinski definition) is 2. The number of carbonyl (C=O) groups excluding carboxylic acids is 1. The Balaban J connectivity index is 2.34. The Kier molecular flexibility index (Phi) is 6.15. The molecule has 94 valence electrons. The number of hydrogen-bond donors (Lipinski definition) is 1. The van der Waals surface area contributed by atoms with Gasteiger partial charge in [0.2, 0.25) is 5.91 Å². The van der Waals surface area contributed by atoms with E-state index in [1.807, 2.05) is 31.2 Å². The lowest BCUT2D eigenvalue weighted by Gasteiger charge is -2.06. The zero-order chi connectivity index (χ0) is 12.5. The second-order valence-electron chi connectivity index (χ2n) is 3.96. The third-order valence-corrected chi connectivity index (χ3v) is 2.48. The highest BCUT2D eigenvalue weighted by atomic mass is 16.5. The average Bonchev–Trinajstić information content (AvgIpc) is 2.36. The molecular weight excluding hydrogens is 214 g/mol. The minimum Gasteiger partial charge on any atom is -0.494 e. The summed E-state index contributed by atoms with van der Waals surface area (Å²) >= 11 is 0. The molecule has 1 amide bonds. The number of unbranched alkanes of at least 4 members (excludes halogenated alkanes) is 1. The summed E-state index contributed by atoms with van der Waals surface area (Å²) in [5.41, 5.74) is 1.10. The van der Waals surface area contributed by atoms with Crippen molar-refractivity contribution in [3.8, 4) is 5.75 Å². The quantitative estimate of drug-likeness (QED) is 0.789. The lowest BCUT2D eigenvalue weighted by molar-refractivity contribution is -0.121. The minimum absolute atomic E-state index is 0.126. The molecule has 0 aliphatic carbocycles. The van der Waals surface area contributed by atoms with E-state index in [0.717, 1.165) is 24.2 Å². The van der Waals surface area contributed by atoms with Crippen molar-refractivity contribution in [3.63, 3.8) is 0 Å². The number of benzene rings is 1. The molecule has 17 heavy (non-hydrogen) atoms. The van der Waals surface area contributed by atoms with Gasteiger partial charge in [-0.15, -0.1) is 0 Å². The summed E-state index contributed by atoms with van der Waals surface area (Å²) in [6, 6.07) is 7.81. The molecule has 3 nitrogen and oxygen atoms in total. The van der Waals surface area contributed by atoms with Gasteiger partial charge in [-0.25, -0.2) is 0 Å². The first-order valence-corrected chi connectivity index (χ1v) is 6.24. The van der Waals surface area contributed by atoms with Gasteiger partial charge in [0.15, 0.2) is 0 Å². The lowest BCUT2D eigenvalue weighted by atomic mass is 10.2. The lowest BCUT2D eigenvalue weighted by Crippen LogP contribution is -2.22. The second-order valence-corrected chi connectivity index (χ2v) is 3.96. The first-order valence-electron chi connectivity index (χ1n) is 6.24. The van der Waals surface area contributed by atoms with Crippen molar-refractivity contribution in [2.24, 2.45) is 0 Å². The summed E-state index contributed by atoms with van der Waals surface area (Å²) in [5, 5.41) is 2.91. The van der Waals surface area contributed by atoms with Crippen LogP contribution in [0.3, 0.4) is 0 Å². The highest BCUT2D eigenvalue weighted by molar-refractivity contribution is 5.75. The molecule has 0 unspecified atom stereocenters. The molecule has 0 aliphatic rings. The van der Waals surface area contributed by atoms with Crippen LogP contribution in [0, 0.1) is 0 Å². The van der Waals surface area contributed by atoms with Crippen LogP contribution < -0.4 is 10.1 Å². The van der Waals surface area contributed by atoms with Gasteiger partial charge in [-0.05, 0) is 31.0 Å². The third-order valence-electron chi connectivity index (χ3n) is 2.48. The predicted molar refractivity (Wildman–Crippen MR) is 69.0 cm³/mol. The molecule has 0 radical (unpaired) electrons. The Morgan fingerprint density at radius 1 is 1.24 bits per heavy atom. The standard InChI is InChI=1S/C14H21NO2/c1-3-5-6-14(16)15-11-12-7-9-13(10-8-12)17-4-2/h7-10H,3-6,11H2,1-2H3,(H,15,16). The van der Waals surface area contributed by atoms with Gasteiger partial charge in [-0.3, -0.25) is 4.79 Å². The van der Waals surface area contributed by atoms with Crippen LogP contribution in [-0.4, -0.2) is 12.5 Å². The van der Waals surface area contributed by atoms with E-state index in [0.29, 0.717) is 19.6 Å². The van der Waals surface area contributed by atoms with Crippen molar-refractivity contribution in [2.75, 3.05) is 6.61 Å². The predicted octanol–water partition coefficient (Wildman–Crippen LogP) is 2.89. The molecule has 0 saturated heterocycles. The van der Waals surface area contributed by atoms with Crippen LogP contribution >= 0.6 is 0 Å². The van der Waals surface area contributed by atoms with Gasteiger partial charge in [0.05, 0.1) is 6.61 Å². The third kappa shape index (κ3) is 5.38. The maximum Gasteiger partial charge on any atom is 0.220 e. The summed E-state index contributed by atoms with van der Waals surface area (Å²) in [6.07, 6.45) is 2.62. The molecule has 0 spiro atoms. The minimum atomic E-state index is 0.126. The van der Waals surface area contributed by atoms with E-state index in [1.165, 1.54) is 0 Å². The number of amides is 1. The molecule has 0 saturated carbocycles. The van der Waals surface area contributed by atoms with Crippen LogP contribution in [0.4, 0.5) is 0 Å². The summed E-state index contributed by atoms with van der Waals surface area (Å²) in [5.74, 6) is 0.995. The van der Waals surface area contributed by atoms with E-state index in [-0.39, 0.29) is 5.91 Å². The zero-order valence-corrected chi connectivity index (χ0v) is 10.7. The molecule has 0 aliphatic heterocycles. The molecule has 0 aromatic heterocycles. The fraction of sp³-hybridized carbons (Fsp3) is 0.500.